The van der Waals surface area contributed by atoms with E-state index in [0.717, 1.165) is 0 Å². The molecule has 9 nitrogen and oxygen atoms in total. The minimum Gasteiger partial charge on any atom is -0.480 e. The number of hydrogen-bond donors (Lipinski definition) is 2. The third kappa shape index (κ3) is 3.06. The third-order valence-electron chi connectivity index (χ3n) is 6.53. The molecule has 1 saturated heterocycles. The Morgan fingerprint density at radius 3 is 2.72 bits per heavy atom. The number of hydrogen-bond acceptors (Lipinski definition) is 8. The lowest BCUT2D eigenvalue weighted by molar-refractivity contribution is 0.102. The third-order valence-corrected chi connectivity index (χ3v) is 9.64. The summed E-state index contributed by atoms with van der Waals surface area (Å²) >= 11 is 0. The van der Waals surface area contributed by atoms with Crippen LogP contribution in [0.25, 0.3) is 0 Å². The Bertz CT molecular complexity index is 1260. The molecule has 3 atom stereocenters. The number of halogens is 1. The minimum absolute atomic E-state index is 0.0216. The van der Waals surface area contributed by atoms with E-state index >= 15 is 0 Å². The van der Waals surface area contributed by atoms with Gasteiger partial charge in [0.15, 0.2) is 9.84 Å². The zero-order valence-corrected chi connectivity index (χ0v) is 19.0. The quantitative estimate of drug-likeness (QED) is 0.711. The van der Waals surface area contributed by atoms with Crippen LogP contribution < -0.4 is 15.8 Å². The van der Waals surface area contributed by atoms with Gasteiger partial charge in [-0.05, 0) is 51.8 Å². The van der Waals surface area contributed by atoms with E-state index in [9.17, 15) is 17.6 Å². The fourth-order valence-corrected chi connectivity index (χ4v) is 7.09. The lowest BCUT2D eigenvalue weighted by atomic mass is 9.86. The maximum absolute atomic E-state index is 15.0. The molecule has 170 valence electrons. The Kier molecular flexibility index (Phi) is 5.00. The molecule has 0 saturated carbocycles. The van der Waals surface area contributed by atoms with Crippen LogP contribution in [0, 0.1) is 12.7 Å². The molecule has 1 fully saturated rings. The number of fused-ring (bicyclic) bond motifs is 2. The number of benzene rings is 1. The lowest BCUT2D eigenvalue weighted by Gasteiger charge is -2.39. The molecule has 2 aliphatic rings. The number of ether oxygens (including phenoxy) is 1. The molecule has 11 heteroatoms. The topological polar surface area (TPSA) is 137 Å². The SMILES string of the molecule is COc1cnc(C(=O)Nc2ccc(F)c([C@@]3(C)N=C(N)[C@@]4(C)CC[C@@H]3S4(=O)=O)c2)c(C)n1. The van der Waals surface area contributed by atoms with Crippen molar-refractivity contribution in [3.05, 3.63) is 47.2 Å². The van der Waals surface area contributed by atoms with Gasteiger partial charge in [-0.15, -0.1) is 0 Å². The highest BCUT2D eigenvalue weighted by Crippen LogP contribution is 2.51. The molecular formula is C21H24FN5O4S. The van der Waals surface area contributed by atoms with Gasteiger partial charge in [-0.2, -0.15) is 0 Å². The van der Waals surface area contributed by atoms with E-state index in [1.165, 1.54) is 31.5 Å². The highest BCUT2D eigenvalue weighted by molar-refractivity contribution is 7.94. The highest BCUT2D eigenvalue weighted by Gasteiger charge is 2.63. The maximum Gasteiger partial charge on any atom is 0.276 e. The summed E-state index contributed by atoms with van der Waals surface area (Å²) in [6, 6.07) is 3.95. The molecule has 3 heterocycles. The van der Waals surface area contributed by atoms with Gasteiger partial charge in [0, 0.05) is 11.3 Å². The first-order valence-electron chi connectivity index (χ1n) is 10.0. The molecule has 1 amide bonds. The molecule has 2 bridgehead atoms. The zero-order valence-electron chi connectivity index (χ0n) is 18.1. The number of carbonyl (C=O) groups is 1. The van der Waals surface area contributed by atoms with Crippen molar-refractivity contribution in [1.29, 1.82) is 0 Å². The summed E-state index contributed by atoms with van der Waals surface area (Å²) in [5.74, 6) is -0.929. The van der Waals surface area contributed by atoms with Crippen LogP contribution >= 0.6 is 0 Å². The van der Waals surface area contributed by atoms with Crippen molar-refractivity contribution >= 4 is 27.3 Å². The van der Waals surface area contributed by atoms with E-state index in [4.69, 9.17) is 10.5 Å². The van der Waals surface area contributed by atoms with E-state index < -0.39 is 37.1 Å². The summed E-state index contributed by atoms with van der Waals surface area (Å²) in [6.45, 7) is 4.74. The van der Waals surface area contributed by atoms with Crippen molar-refractivity contribution in [1.82, 2.24) is 9.97 Å². The van der Waals surface area contributed by atoms with Crippen LogP contribution in [0.5, 0.6) is 5.88 Å². The van der Waals surface area contributed by atoms with Gasteiger partial charge >= 0.3 is 0 Å². The number of sulfone groups is 1. The van der Waals surface area contributed by atoms with Gasteiger partial charge in [-0.3, -0.25) is 9.79 Å². The monoisotopic (exact) mass is 461 g/mol. The molecule has 4 rings (SSSR count). The molecular weight excluding hydrogens is 437 g/mol. The molecule has 0 spiro atoms. The highest BCUT2D eigenvalue weighted by atomic mass is 32.2. The lowest BCUT2D eigenvalue weighted by Crippen LogP contribution is -2.55. The average molecular weight is 462 g/mol. The Hall–Kier alpha value is -3.08. The first-order chi connectivity index (χ1) is 14.9. The Morgan fingerprint density at radius 2 is 2.06 bits per heavy atom. The van der Waals surface area contributed by atoms with E-state index in [1.54, 1.807) is 20.8 Å². The van der Waals surface area contributed by atoms with Crippen molar-refractivity contribution in [3.8, 4) is 5.88 Å². The fourth-order valence-electron chi connectivity index (χ4n) is 4.51. The number of amides is 1. The Morgan fingerprint density at radius 1 is 1.34 bits per heavy atom. The molecule has 0 unspecified atom stereocenters. The molecule has 1 aromatic carbocycles. The predicted molar refractivity (Wildman–Crippen MR) is 117 cm³/mol. The van der Waals surface area contributed by atoms with Crippen molar-refractivity contribution in [2.45, 2.75) is 49.1 Å². The second-order valence-corrected chi connectivity index (χ2v) is 11.0. The summed E-state index contributed by atoms with van der Waals surface area (Å²) in [5, 5.41) is 1.75. The average Bonchev–Trinajstić information content (AvgIpc) is 2.92. The summed E-state index contributed by atoms with van der Waals surface area (Å²) in [6.07, 6.45) is 1.97. The van der Waals surface area contributed by atoms with Gasteiger partial charge in [0.1, 0.15) is 27.6 Å². The molecule has 0 radical (unpaired) electrons. The van der Waals surface area contributed by atoms with Crippen LogP contribution in [-0.4, -0.2) is 47.2 Å². The number of rotatable bonds is 4. The van der Waals surface area contributed by atoms with Gasteiger partial charge in [0.05, 0.1) is 24.3 Å². The normalized spacial score (nSPS) is 28.2. The van der Waals surface area contributed by atoms with E-state index in [1.807, 2.05) is 0 Å². The molecule has 1 aromatic heterocycles. The van der Waals surface area contributed by atoms with Crippen LogP contribution in [0.2, 0.25) is 0 Å². The molecule has 2 aliphatic heterocycles. The fraction of sp³-hybridized carbons (Fsp3) is 0.429. The van der Waals surface area contributed by atoms with Crippen LogP contribution in [0.3, 0.4) is 0 Å². The summed E-state index contributed by atoms with van der Waals surface area (Å²) in [5.41, 5.74) is 5.41. The van der Waals surface area contributed by atoms with Gasteiger partial charge in [-0.25, -0.2) is 22.8 Å². The maximum atomic E-state index is 15.0. The first kappa shape index (κ1) is 22.1. The largest absolute Gasteiger partial charge is 0.480 e. The van der Waals surface area contributed by atoms with Crippen LogP contribution in [0.15, 0.2) is 29.4 Å². The van der Waals surface area contributed by atoms with Crippen LogP contribution in [0.1, 0.15) is 48.4 Å². The van der Waals surface area contributed by atoms with Crippen molar-refractivity contribution < 1.29 is 22.3 Å². The summed E-state index contributed by atoms with van der Waals surface area (Å²) < 4.78 is 45.0. The number of anilines is 1. The number of aliphatic imine (C=N–C) groups is 1. The van der Waals surface area contributed by atoms with Gasteiger partial charge in [0.2, 0.25) is 5.88 Å². The predicted octanol–water partition coefficient (Wildman–Crippen LogP) is 2.11. The first-order valence-corrected chi connectivity index (χ1v) is 11.6. The number of nitrogens with two attached hydrogens (primary N) is 1. The summed E-state index contributed by atoms with van der Waals surface area (Å²) in [4.78, 5) is 25.4. The number of nitrogens with zero attached hydrogens (tertiary/aromatic N) is 3. The number of amidine groups is 1. The standard InChI is InChI=1S/C21H24FN5O4S/c1-11-17(24-10-16(25-11)31-4)18(28)26-12-5-6-14(22)13(9-12)21(3)15-7-8-20(2,19(23)27-21)32(15,29)30/h5-6,9-10,15H,7-8H2,1-4H3,(H2,23,27)(H,26,28)/t15-,20+,21+/m0/s1. The summed E-state index contributed by atoms with van der Waals surface area (Å²) in [7, 11) is -2.24. The second-order valence-electron chi connectivity index (χ2n) is 8.44. The Labute approximate surface area is 185 Å². The zero-order chi connectivity index (χ0) is 23.5. The van der Waals surface area contributed by atoms with E-state index in [-0.39, 0.29) is 28.7 Å². The smallest absolute Gasteiger partial charge is 0.276 e. The van der Waals surface area contributed by atoms with Crippen molar-refractivity contribution in [2.75, 3.05) is 12.4 Å². The van der Waals surface area contributed by atoms with Gasteiger partial charge in [0.25, 0.3) is 5.91 Å². The van der Waals surface area contributed by atoms with E-state index in [2.05, 4.69) is 20.3 Å². The van der Waals surface area contributed by atoms with Crippen LogP contribution in [-0.2, 0) is 15.4 Å². The number of methoxy groups -OCH3 is 1. The van der Waals surface area contributed by atoms with Crippen molar-refractivity contribution in [3.63, 3.8) is 0 Å². The minimum atomic E-state index is -3.68. The molecule has 3 N–H and O–H groups in total. The Balaban J connectivity index is 1.72. The number of nitrogens with one attached hydrogen (secondary N) is 1. The second kappa shape index (κ2) is 7.22. The molecule has 0 aliphatic carbocycles. The number of aryl methyl sites for hydroxylation is 1. The number of aromatic nitrogens is 2. The van der Waals surface area contributed by atoms with E-state index in [0.29, 0.717) is 18.5 Å². The molecule has 32 heavy (non-hydrogen) atoms. The van der Waals surface area contributed by atoms with Crippen molar-refractivity contribution in [2.24, 2.45) is 10.7 Å². The molecule has 2 aromatic rings. The van der Waals surface area contributed by atoms with Gasteiger partial charge < -0.3 is 15.8 Å². The van der Waals surface area contributed by atoms with Gasteiger partial charge in [-0.1, -0.05) is 0 Å². The number of carbonyl (C=O) groups excluding carboxylic acids is 1. The van der Waals surface area contributed by atoms with Crippen LogP contribution in [0.4, 0.5) is 10.1 Å².